The molecule has 1 aliphatic rings. The molecule has 0 saturated heterocycles. The highest BCUT2D eigenvalue weighted by Crippen LogP contribution is 2.28. The Labute approximate surface area is 169 Å². The Morgan fingerprint density at radius 1 is 1.30 bits per heavy atom. The Morgan fingerprint density at radius 2 is 2.10 bits per heavy atom. The van der Waals surface area contributed by atoms with Gasteiger partial charge in [0.1, 0.15) is 16.9 Å². The number of ether oxygens (including phenoxy) is 1. The van der Waals surface area contributed by atoms with Gasteiger partial charge in [0.05, 0.1) is 12.1 Å². The summed E-state index contributed by atoms with van der Waals surface area (Å²) in [6, 6.07) is 6.66. The third kappa shape index (κ3) is 4.00. The van der Waals surface area contributed by atoms with E-state index < -0.39 is 18.8 Å². The number of rotatable bonds is 4. The van der Waals surface area contributed by atoms with E-state index in [1.165, 1.54) is 12.3 Å². The molecule has 1 amide bonds. The first kappa shape index (κ1) is 19.9. The second-order valence-corrected chi connectivity index (χ2v) is 7.14. The van der Waals surface area contributed by atoms with E-state index in [1.54, 1.807) is 30.2 Å². The lowest BCUT2D eigenvalue weighted by atomic mass is 10.0. The van der Waals surface area contributed by atoms with Crippen molar-refractivity contribution in [1.82, 2.24) is 9.88 Å². The molecule has 3 heterocycles. The highest BCUT2D eigenvalue weighted by molar-refractivity contribution is 6.02. The molecule has 1 aromatic carbocycles. The average Bonchev–Trinajstić information content (AvgIpc) is 3.09. The molecule has 0 aliphatic carbocycles. The first-order chi connectivity index (χ1) is 14.2. The Balaban J connectivity index is 1.60. The van der Waals surface area contributed by atoms with E-state index in [0.717, 1.165) is 5.56 Å². The predicted molar refractivity (Wildman–Crippen MR) is 100.0 cm³/mol. The number of furan rings is 1. The van der Waals surface area contributed by atoms with Crippen molar-refractivity contribution in [3.05, 3.63) is 64.7 Å². The van der Waals surface area contributed by atoms with Crippen LogP contribution in [0.4, 0.5) is 13.2 Å². The number of pyridine rings is 1. The summed E-state index contributed by atoms with van der Waals surface area (Å²) in [5.41, 5.74) is 2.19. The van der Waals surface area contributed by atoms with Gasteiger partial charge >= 0.3 is 12.1 Å². The van der Waals surface area contributed by atoms with Gasteiger partial charge in [-0.3, -0.25) is 9.78 Å². The fourth-order valence-corrected chi connectivity index (χ4v) is 3.51. The average molecular weight is 418 g/mol. The van der Waals surface area contributed by atoms with E-state index in [9.17, 15) is 22.8 Å². The minimum atomic E-state index is -4.62. The Bertz CT molecular complexity index is 1140. The van der Waals surface area contributed by atoms with Crippen LogP contribution < -0.4 is 0 Å². The van der Waals surface area contributed by atoms with Gasteiger partial charge in [-0.15, -0.1) is 0 Å². The van der Waals surface area contributed by atoms with Gasteiger partial charge in [-0.2, -0.15) is 13.2 Å². The summed E-state index contributed by atoms with van der Waals surface area (Å²) >= 11 is 0. The monoisotopic (exact) mass is 418 g/mol. The van der Waals surface area contributed by atoms with E-state index in [-0.39, 0.29) is 23.6 Å². The van der Waals surface area contributed by atoms with Crippen LogP contribution in [0.15, 0.2) is 41.1 Å². The minimum Gasteiger partial charge on any atom is -0.458 e. The molecule has 0 unspecified atom stereocenters. The molecule has 0 N–H and O–H groups in total. The van der Waals surface area contributed by atoms with Crippen LogP contribution in [0.1, 0.15) is 37.6 Å². The van der Waals surface area contributed by atoms with E-state index in [2.05, 4.69) is 9.72 Å². The summed E-state index contributed by atoms with van der Waals surface area (Å²) in [6.07, 6.45) is -0.770. The van der Waals surface area contributed by atoms with Gasteiger partial charge in [-0.1, -0.05) is 0 Å². The fourth-order valence-electron chi connectivity index (χ4n) is 3.51. The van der Waals surface area contributed by atoms with E-state index in [1.807, 2.05) is 6.07 Å². The third-order valence-corrected chi connectivity index (χ3v) is 4.83. The number of aryl methyl sites for hydroxylation is 1. The quantitative estimate of drug-likeness (QED) is 0.598. The van der Waals surface area contributed by atoms with Gasteiger partial charge in [-0.05, 0) is 48.7 Å². The van der Waals surface area contributed by atoms with Crippen LogP contribution in [-0.2, 0) is 17.7 Å². The number of carbonyl (C=O) groups excluding carboxylic acids is 2. The zero-order valence-corrected chi connectivity index (χ0v) is 16.0. The number of carbonyl (C=O) groups is 2. The van der Waals surface area contributed by atoms with Crippen LogP contribution in [-0.4, -0.2) is 41.1 Å². The van der Waals surface area contributed by atoms with Gasteiger partial charge in [0.15, 0.2) is 6.61 Å². The molecule has 0 saturated carbocycles. The molecule has 3 aromatic rings. The summed E-state index contributed by atoms with van der Waals surface area (Å²) < 4.78 is 47.3. The largest absolute Gasteiger partial charge is 0.458 e. The molecule has 0 fully saturated rings. The van der Waals surface area contributed by atoms with Crippen molar-refractivity contribution in [2.45, 2.75) is 26.1 Å². The Hall–Kier alpha value is -3.36. The summed E-state index contributed by atoms with van der Waals surface area (Å²) in [5.74, 6) is -0.872. The van der Waals surface area contributed by atoms with Gasteiger partial charge in [0.25, 0.3) is 5.91 Å². The van der Waals surface area contributed by atoms with Crippen molar-refractivity contribution >= 4 is 22.8 Å². The fraction of sp³-hybridized carbons (Fsp3) is 0.286. The number of esters is 1. The molecule has 2 aromatic heterocycles. The molecule has 0 radical (unpaired) electrons. The summed E-state index contributed by atoms with van der Waals surface area (Å²) in [5, 5.41) is 0.551. The van der Waals surface area contributed by atoms with E-state index in [0.29, 0.717) is 35.2 Å². The van der Waals surface area contributed by atoms with Crippen molar-refractivity contribution in [2.24, 2.45) is 0 Å². The van der Waals surface area contributed by atoms with Gasteiger partial charge < -0.3 is 14.1 Å². The van der Waals surface area contributed by atoms with Crippen LogP contribution >= 0.6 is 0 Å². The molecule has 9 heteroatoms. The number of amides is 1. The molecular formula is C21H17F3N2O4. The maximum Gasteiger partial charge on any atom is 0.422 e. The molecule has 4 rings (SSSR count). The number of alkyl halides is 3. The van der Waals surface area contributed by atoms with Gasteiger partial charge in [-0.25, -0.2) is 4.79 Å². The topological polar surface area (TPSA) is 72.6 Å². The minimum absolute atomic E-state index is 0.0833. The zero-order valence-electron chi connectivity index (χ0n) is 16.0. The molecule has 6 nitrogen and oxygen atoms in total. The van der Waals surface area contributed by atoms with Crippen molar-refractivity contribution in [1.29, 1.82) is 0 Å². The van der Waals surface area contributed by atoms with Crippen LogP contribution in [0.25, 0.3) is 11.0 Å². The van der Waals surface area contributed by atoms with E-state index >= 15 is 0 Å². The van der Waals surface area contributed by atoms with Crippen molar-refractivity contribution < 1.29 is 31.9 Å². The molecule has 0 atom stereocenters. The lowest BCUT2D eigenvalue weighted by molar-refractivity contribution is -0.161. The number of nitrogens with zero attached hydrogens (tertiary/aromatic N) is 2. The van der Waals surface area contributed by atoms with Crippen molar-refractivity contribution in [3.63, 3.8) is 0 Å². The second-order valence-electron chi connectivity index (χ2n) is 7.14. The number of aromatic nitrogens is 1. The molecule has 1 aliphatic heterocycles. The van der Waals surface area contributed by atoms with Gasteiger partial charge in [0, 0.05) is 24.3 Å². The predicted octanol–water partition coefficient (Wildman–Crippen LogP) is 4.05. The Morgan fingerprint density at radius 3 is 2.87 bits per heavy atom. The number of benzene rings is 1. The second kappa shape index (κ2) is 7.47. The first-order valence-corrected chi connectivity index (χ1v) is 9.20. The van der Waals surface area contributed by atoms with E-state index in [4.69, 9.17) is 4.42 Å². The normalized spacial score (nSPS) is 14.1. The van der Waals surface area contributed by atoms with Crippen LogP contribution in [0, 0.1) is 6.92 Å². The summed E-state index contributed by atoms with van der Waals surface area (Å²) in [7, 11) is 0. The van der Waals surface area contributed by atoms with Crippen LogP contribution in [0.3, 0.4) is 0 Å². The molecule has 156 valence electrons. The number of hydrogen-bond donors (Lipinski definition) is 0. The lowest BCUT2D eigenvalue weighted by Gasteiger charge is -2.27. The molecule has 0 bridgehead atoms. The standard InChI is InChI=1S/C21H17F3N2O4/c1-12-6-14-8-15(10-26-5-3-13-2-4-25-9-17(13)19(26)27)30-18(14)16(7-12)20(28)29-11-21(22,23)24/h2,4,6-9H,3,5,10-11H2,1H3. The lowest BCUT2D eigenvalue weighted by Crippen LogP contribution is -2.37. The number of hydrogen-bond acceptors (Lipinski definition) is 5. The highest BCUT2D eigenvalue weighted by atomic mass is 19.4. The zero-order chi connectivity index (χ0) is 21.5. The van der Waals surface area contributed by atoms with Crippen molar-refractivity contribution in [2.75, 3.05) is 13.2 Å². The summed E-state index contributed by atoms with van der Waals surface area (Å²) in [6.45, 7) is 0.694. The molecule has 30 heavy (non-hydrogen) atoms. The smallest absolute Gasteiger partial charge is 0.422 e. The number of halogens is 3. The van der Waals surface area contributed by atoms with Crippen molar-refractivity contribution in [3.8, 4) is 0 Å². The third-order valence-electron chi connectivity index (χ3n) is 4.83. The molecule has 0 spiro atoms. The molecular weight excluding hydrogens is 401 g/mol. The maximum atomic E-state index is 12.7. The maximum absolute atomic E-state index is 12.7. The number of fused-ring (bicyclic) bond motifs is 2. The first-order valence-electron chi connectivity index (χ1n) is 9.20. The highest BCUT2D eigenvalue weighted by Gasteiger charge is 2.31. The Kier molecular flexibility index (Phi) is 4.97. The van der Waals surface area contributed by atoms with Gasteiger partial charge in [0.2, 0.25) is 0 Å². The van der Waals surface area contributed by atoms with Crippen LogP contribution in [0.2, 0.25) is 0 Å². The summed E-state index contributed by atoms with van der Waals surface area (Å²) in [4.78, 5) is 30.5. The van der Waals surface area contributed by atoms with Crippen LogP contribution in [0.5, 0.6) is 0 Å². The SMILES string of the molecule is Cc1cc(C(=O)OCC(F)(F)F)c2oc(CN3CCc4ccncc4C3=O)cc2c1.